The fourth-order valence-corrected chi connectivity index (χ4v) is 2.62. The van der Waals surface area contributed by atoms with Crippen molar-refractivity contribution in [1.29, 1.82) is 0 Å². The largest absolute Gasteiger partial charge is 0.497 e. The third-order valence-corrected chi connectivity index (χ3v) is 3.59. The van der Waals surface area contributed by atoms with Crippen LogP contribution in [0.4, 0.5) is 5.69 Å². The van der Waals surface area contributed by atoms with E-state index in [0.717, 1.165) is 33.5 Å². The molecule has 2 aromatic carbocycles. The lowest BCUT2D eigenvalue weighted by Crippen LogP contribution is -1.89. The van der Waals surface area contributed by atoms with Crippen LogP contribution in [0.5, 0.6) is 5.75 Å². The summed E-state index contributed by atoms with van der Waals surface area (Å²) in [6.07, 6.45) is 0. The van der Waals surface area contributed by atoms with Gasteiger partial charge in [0.05, 0.1) is 12.8 Å². The Labute approximate surface area is 109 Å². The van der Waals surface area contributed by atoms with Crippen LogP contribution in [-0.2, 0) is 0 Å². The molecular formula is C14H12N2OS. The minimum Gasteiger partial charge on any atom is -0.497 e. The van der Waals surface area contributed by atoms with Gasteiger partial charge in [-0.3, -0.25) is 0 Å². The second-order valence-corrected chi connectivity index (χ2v) is 4.64. The molecule has 4 heteroatoms. The van der Waals surface area contributed by atoms with E-state index in [2.05, 4.69) is 10.4 Å². The highest BCUT2D eigenvalue weighted by atomic mass is 32.1. The normalized spacial score (nSPS) is 10.7. The highest BCUT2D eigenvalue weighted by Gasteiger charge is 2.10. The summed E-state index contributed by atoms with van der Waals surface area (Å²) < 4.78 is 9.64. The van der Waals surface area contributed by atoms with Crippen LogP contribution in [0.2, 0.25) is 0 Å². The Hall–Kier alpha value is -2.07. The van der Waals surface area contributed by atoms with Crippen LogP contribution in [0.15, 0.2) is 41.8 Å². The molecule has 1 aromatic heterocycles. The lowest BCUT2D eigenvalue weighted by atomic mass is 10.0. The number of aromatic nitrogens is 1. The Morgan fingerprint density at radius 3 is 2.83 bits per heavy atom. The number of nitrogen functional groups attached to an aromatic ring is 1. The van der Waals surface area contributed by atoms with Crippen molar-refractivity contribution in [2.24, 2.45) is 0 Å². The van der Waals surface area contributed by atoms with Crippen molar-refractivity contribution < 1.29 is 4.74 Å². The molecule has 0 aliphatic carbocycles. The average Bonchev–Trinajstić information content (AvgIpc) is 2.83. The fourth-order valence-electron chi connectivity index (χ4n) is 2.03. The van der Waals surface area contributed by atoms with Gasteiger partial charge in [0.25, 0.3) is 0 Å². The zero-order chi connectivity index (χ0) is 12.5. The van der Waals surface area contributed by atoms with Crippen molar-refractivity contribution >= 4 is 28.0 Å². The summed E-state index contributed by atoms with van der Waals surface area (Å²) in [5, 5.41) is 4.11. The van der Waals surface area contributed by atoms with Gasteiger partial charge in [0.2, 0.25) is 0 Å². The van der Waals surface area contributed by atoms with E-state index in [1.54, 1.807) is 7.11 Å². The van der Waals surface area contributed by atoms with Crippen LogP contribution >= 0.6 is 11.5 Å². The number of benzene rings is 2. The molecule has 0 amide bonds. The number of nitrogens with two attached hydrogens (primary N) is 1. The van der Waals surface area contributed by atoms with Crippen molar-refractivity contribution in [2.75, 3.05) is 12.8 Å². The molecule has 3 rings (SSSR count). The molecular weight excluding hydrogens is 244 g/mol. The summed E-state index contributed by atoms with van der Waals surface area (Å²) in [6, 6.07) is 12.1. The predicted molar refractivity (Wildman–Crippen MR) is 76.0 cm³/mol. The van der Waals surface area contributed by atoms with Crippen molar-refractivity contribution in [3.05, 3.63) is 41.8 Å². The topological polar surface area (TPSA) is 48.1 Å². The molecule has 0 saturated heterocycles. The molecule has 0 fully saturated rings. The molecule has 2 N–H and O–H groups in total. The van der Waals surface area contributed by atoms with E-state index in [1.807, 2.05) is 35.7 Å². The lowest BCUT2D eigenvalue weighted by Gasteiger charge is -2.07. The molecule has 0 radical (unpaired) electrons. The van der Waals surface area contributed by atoms with Gasteiger partial charge in [-0.2, -0.15) is 4.37 Å². The number of fused-ring (bicyclic) bond motifs is 1. The van der Waals surface area contributed by atoms with Gasteiger partial charge in [-0.05, 0) is 34.4 Å². The van der Waals surface area contributed by atoms with Gasteiger partial charge < -0.3 is 10.5 Å². The summed E-state index contributed by atoms with van der Waals surface area (Å²) in [6.45, 7) is 0. The summed E-state index contributed by atoms with van der Waals surface area (Å²) >= 11 is 1.37. The summed E-state index contributed by atoms with van der Waals surface area (Å²) in [4.78, 5) is 0. The summed E-state index contributed by atoms with van der Waals surface area (Å²) in [5.41, 5.74) is 8.56. The van der Waals surface area contributed by atoms with Gasteiger partial charge >= 0.3 is 0 Å². The minimum absolute atomic E-state index is 0.718. The number of hydrogen-bond donors (Lipinski definition) is 1. The van der Waals surface area contributed by atoms with Crippen molar-refractivity contribution in [3.63, 3.8) is 0 Å². The van der Waals surface area contributed by atoms with Gasteiger partial charge in [0.1, 0.15) is 11.4 Å². The zero-order valence-corrected chi connectivity index (χ0v) is 10.7. The Morgan fingerprint density at radius 2 is 2.11 bits per heavy atom. The van der Waals surface area contributed by atoms with Crippen LogP contribution in [0, 0.1) is 0 Å². The van der Waals surface area contributed by atoms with Crippen molar-refractivity contribution in [2.45, 2.75) is 0 Å². The third kappa shape index (κ3) is 1.71. The maximum absolute atomic E-state index is 5.95. The molecule has 0 bridgehead atoms. The molecule has 90 valence electrons. The van der Waals surface area contributed by atoms with E-state index in [0.29, 0.717) is 0 Å². The Balaban J connectivity index is 2.32. The SMILES string of the molecule is COc1ccc2cccc(-c3nscc3N)c2c1. The van der Waals surface area contributed by atoms with Crippen LogP contribution < -0.4 is 10.5 Å². The van der Waals surface area contributed by atoms with Gasteiger partial charge in [-0.25, -0.2) is 0 Å². The number of ether oxygens (including phenoxy) is 1. The number of anilines is 1. The number of hydrogen-bond acceptors (Lipinski definition) is 4. The first-order valence-corrected chi connectivity index (χ1v) is 6.40. The molecule has 0 spiro atoms. The Morgan fingerprint density at radius 1 is 1.22 bits per heavy atom. The maximum Gasteiger partial charge on any atom is 0.119 e. The highest BCUT2D eigenvalue weighted by Crippen LogP contribution is 2.33. The monoisotopic (exact) mass is 256 g/mol. The second-order valence-electron chi connectivity index (χ2n) is 4.01. The van der Waals surface area contributed by atoms with E-state index in [1.165, 1.54) is 11.5 Å². The molecule has 3 nitrogen and oxygen atoms in total. The number of rotatable bonds is 2. The Bertz CT molecular complexity index is 706. The van der Waals surface area contributed by atoms with E-state index in [4.69, 9.17) is 10.5 Å². The number of nitrogens with zero attached hydrogens (tertiary/aromatic N) is 1. The van der Waals surface area contributed by atoms with Gasteiger partial charge in [-0.15, -0.1) is 0 Å². The smallest absolute Gasteiger partial charge is 0.119 e. The van der Waals surface area contributed by atoms with Crippen LogP contribution in [-0.4, -0.2) is 11.5 Å². The summed E-state index contributed by atoms with van der Waals surface area (Å²) in [7, 11) is 1.67. The molecule has 0 saturated carbocycles. The predicted octanol–water partition coefficient (Wildman–Crippen LogP) is 3.55. The third-order valence-electron chi connectivity index (χ3n) is 2.94. The zero-order valence-electron chi connectivity index (χ0n) is 9.88. The van der Waals surface area contributed by atoms with Crippen LogP contribution in [0.3, 0.4) is 0 Å². The molecule has 0 unspecified atom stereocenters. The minimum atomic E-state index is 0.718. The standard InChI is InChI=1S/C14H12N2OS/c1-17-10-6-5-9-3-2-4-11(12(9)7-10)14-13(15)8-18-16-14/h2-8H,15H2,1H3. The second kappa shape index (κ2) is 4.31. The lowest BCUT2D eigenvalue weighted by molar-refractivity contribution is 0.415. The average molecular weight is 256 g/mol. The molecule has 0 aliphatic rings. The molecule has 18 heavy (non-hydrogen) atoms. The molecule has 3 aromatic rings. The van der Waals surface area contributed by atoms with E-state index in [-0.39, 0.29) is 0 Å². The van der Waals surface area contributed by atoms with E-state index >= 15 is 0 Å². The molecule has 1 heterocycles. The van der Waals surface area contributed by atoms with E-state index < -0.39 is 0 Å². The van der Waals surface area contributed by atoms with Gasteiger partial charge in [0, 0.05) is 10.9 Å². The van der Waals surface area contributed by atoms with Gasteiger partial charge in [-0.1, -0.05) is 24.3 Å². The first kappa shape index (κ1) is 11.0. The molecule has 0 aliphatic heterocycles. The Kier molecular flexibility index (Phi) is 2.64. The maximum atomic E-state index is 5.95. The van der Waals surface area contributed by atoms with E-state index in [9.17, 15) is 0 Å². The number of methoxy groups -OCH3 is 1. The fraction of sp³-hybridized carbons (Fsp3) is 0.0714. The highest BCUT2D eigenvalue weighted by molar-refractivity contribution is 7.04. The van der Waals surface area contributed by atoms with Crippen molar-refractivity contribution in [3.8, 4) is 17.0 Å². The van der Waals surface area contributed by atoms with Crippen LogP contribution in [0.25, 0.3) is 22.0 Å². The first-order chi connectivity index (χ1) is 8.79. The quantitative estimate of drug-likeness (QED) is 0.762. The summed E-state index contributed by atoms with van der Waals surface area (Å²) in [5.74, 6) is 0.837. The van der Waals surface area contributed by atoms with Crippen molar-refractivity contribution in [1.82, 2.24) is 4.37 Å². The first-order valence-electron chi connectivity index (χ1n) is 5.56. The van der Waals surface area contributed by atoms with Gasteiger partial charge in [0.15, 0.2) is 0 Å². The molecule has 0 atom stereocenters. The van der Waals surface area contributed by atoms with Crippen LogP contribution in [0.1, 0.15) is 0 Å².